The number of aromatic nitrogens is 6. The molecule has 6 heteroatoms. The Labute approximate surface area is 151 Å². The van der Waals surface area contributed by atoms with Gasteiger partial charge in [-0.1, -0.05) is 12.5 Å². The molecule has 1 aliphatic rings. The third-order valence-corrected chi connectivity index (χ3v) is 5.33. The summed E-state index contributed by atoms with van der Waals surface area (Å²) < 4.78 is 1.88. The lowest BCUT2D eigenvalue weighted by Crippen LogP contribution is -2.35. The van der Waals surface area contributed by atoms with Gasteiger partial charge in [0.2, 0.25) is 0 Å². The second kappa shape index (κ2) is 5.91. The molecule has 0 radical (unpaired) electrons. The molecule has 1 aliphatic carbocycles. The molecule has 26 heavy (non-hydrogen) atoms. The summed E-state index contributed by atoms with van der Waals surface area (Å²) in [5, 5.41) is 7.81. The van der Waals surface area contributed by atoms with Gasteiger partial charge in [0, 0.05) is 47.7 Å². The molecule has 1 fully saturated rings. The van der Waals surface area contributed by atoms with Crippen molar-refractivity contribution in [1.82, 2.24) is 29.7 Å². The van der Waals surface area contributed by atoms with Crippen LogP contribution in [0.4, 0.5) is 0 Å². The van der Waals surface area contributed by atoms with E-state index in [1.807, 2.05) is 47.6 Å². The van der Waals surface area contributed by atoms with Crippen molar-refractivity contribution >= 4 is 0 Å². The second-order valence-electron chi connectivity index (χ2n) is 6.72. The average molecular weight is 342 g/mol. The van der Waals surface area contributed by atoms with Gasteiger partial charge in [0.15, 0.2) is 0 Å². The summed E-state index contributed by atoms with van der Waals surface area (Å²) in [6.07, 6.45) is 14.5. The molecule has 1 N–H and O–H groups in total. The molecular formula is C20H18N6. The largest absolute Gasteiger partial charge is 0.291 e. The van der Waals surface area contributed by atoms with Crippen LogP contribution in [0.15, 0.2) is 67.6 Å². The van der Waals surface area contributed by atoms with Crippen LogP contribution < -0.4 is 0 Å². The van der Waals surface area contributed by atoms with Gasteiger partial charge < -0.3 is 0 Å². The van der Waals surface area contributed by atoms with Crippen molar-refractivity contribution in [2.75, 3.05) is 0 Å². The normalized spacial score (nSPS) is 15.5. The van der Waals surface area contributed by atoms with Crippen LogP contribution in [0.5, 0.6) is 0 Å². The maximum atomic E-state index is 4.55. The van der Waals surface area contributed by atoms with Crippen molar-refractivity contribution in [1.29, 1.82) is 0 Å². The van der Waals surface area contributed by atoms with Crippen molar-refractivity contribution in [3.63, 3.8) is 0 Å². The van der Waals surface area contributed by atoms with E-state index >= 15 is 0 Å². The zero-order valence-corrected chi connectivity index (χ0v) is 14.2. The Bertz CT molecular complexity index is 998. The van der Waals surface area contributed by atoms with Gasteiger partial charge in [-0.25, -0.2) is 9.97 Å². The molecule has 0 spiro atoms. The van der Waals surface area contributed by atoms with E-state index in [1.165, 1.54) is 12.0 Å². The summed E-state index contributed by atoms with van der Waals surface area (Å²) in [4.78, 5) is 12.9. The fraction of sp³-hybridized carbons (Fsp3) is 0.200. The van der Waals surface area contributed by atoms with Crippen LogP contribution in [0, 0.1) is 0 Å². The van der Waals surface area contributed by atoms with Crippen LogP contribution >= 0.6 is 0 Å². The number of rotatable bonds is 4. The Morgan fingerprint density at radius 3 is 2.65 bits per heavy atom. The molecule has 5 rings (SSSR count). The van der Waals surface area contributed by atoms with E-state index in [0.29, 0.717) is 0 Å². The fourth-order valence-corrected chi connectivity index (χ4v) is 3.69. The van der Waals surface area contributed by atoms with E-state index in [0.717, 1.165) is 35.6 Å². The van der Waals surface area contributed by atoms with E-state index in [2.05, 4.69) is 37.3 Å². The van der Waals surface area contributed by atoms with Gasteiger partial charge in [-0.2, -0.15) is 5.10 Å². The van der Waals surface area contributed by atoms with E-state index in [-0.39, 0.29) is 5.41 Å². The van der Waals surface area contributed by atoms with Crippen molar-refractivity contribution in [2.24, 2.45) is 0 Å². The van der Waals surface area contributed by atoms with Gasteiger partial charge in [0.1, 0.15) is 12.1 Å². The van der Waals surface area contributed by atoms with Gasteiger partial charge in [-0.05, 0) is 42.7 Å². The molecule has 0 amide bonds. The highest BCUT2D eigenvalue weighted by molar-refractivity contribution is 5.60. The molecule has 0 bridgehead atoms. The molecule has 4 aromatic rings. The number of aromatic amines is 1. The fourth-order valence-electron chi connectivity index (χ4n) is 3.69. The average Bonchev–Trinajstić information content (AvgIpc) is 3.35. The highest BCUT2D eigenvalue weighted by atomic mass is 15.1. The molecule has 6 nitrogen and oxygen atoms in total. The van der Waals surface area contributed by atoms with Crippen molar-refractivity contribution in [3.05, 3.63) is 78.9 Å². The molecular weight excluding hydrogens is 324 g/mol. The molecule has 0 unspecified atom stereocenters. The van der Waals surface area contributed by atoms with Crippen LogP contribution in [0.1, 0.15) is 30.5 Å². The minimum Gasteiger partial charge on any atom is -0.291 e. The minimum absolute atomic E-state index is 0.0175. The Kier molecular flexibility index (Phi) is 3.41. The summed E-state index contributed by atoms with van der Waals surface area (Å²) in [6, 6.07) is 10.3. The van der Waals surface area contributed by atoms with Gasteiger partial charge in [-0.15, -0.1) is 0 Å². The molecule has 0 saturated heterocycles. The number of imidazole rings is 1. The number of hydrogen-bond acceptors (Lipinski definition) is 4. The van der Waals surface area contributed by atoms with Crippen molar-refractivity contribution < 1.29 is 0 Å². The van der Waals surface area contributed by atoms with Gasteiger partial charge >= 0.3 is 0 Å². The molecule has 1 saturated carbocycles. The predicted molar refractivity (Wildman–Crippen MR) is 97.8 cm³/mol. The minimum atomic E-state index is 0.0175. The van der Waals surface area contributed by atoms with Gasteiger partial charge in [0.05, 0.1) is 5.69 Å². The van der Waals surface area contributed by atoms with E-state index in [4.69, 9.17) is 0 Å². The first-order valence-corrected chi connectivity index (χ1v) is 8.76. The van der Waals surface area contributed by atoms with Gasteiger partial charge in [0.25, 0.3) is 0 Å². The lowest BCUT2D eigenvalue weighted by Gasteiger charge is -2.41. The number of pyridine rings is 2. The van der Waals surface area contributed by atoms with E-state index in [9.17, 15) is 0 Å². The molecule has 4 aromatic heterocycles. The van der Waals surface area contributed by atoms with Gasteiger partial charge in [-0.3, -0.25) is 14.6 Å². The lowest BCUT2D eigenvalue weighted by molar-refractivity contribution is 0.292. The first-order valence-electron chi connectivity index (χ1n) is 8.76. The number of H-pyrrole nitrogens is 1. The van der Waals surface area contributed by atoms with Crippen LogP contribution in [0.2, 0.25) is 0 Å². The summed E-state index contributed by atoms with van der Waals surface area (Å²) >= 11 is 0. The zero-order chi connectivity index (χ0) is 17.4. The van der Waals surface area contributed by atoms with Crippen LogP contribution in [0.25, 0.3) is 17.1 Å². The number of nitrogens with zero attached hydrogens (tertiary/aromatic N) is 5. The monoisotopic (exact) mass is 342 g/mol. The Morgan fingerprint density at radius 2 is 2.00 bits per heavy atom. The van der Waals surface area contributed by atoms with Crippen LogP contribution in [-0.4, -0.2) is 29.7 Å². The Morgan fingerprint density at radius 1 is 1.04 bits per heavy atom. The molecule has 4 heterocycles. The SMILES string of the molecule is c1cncc(C2(c3cc(-c4ccc(-n5ccnc5)nc4)n[nH]3)CCC2)c1. The number of hydrogen-bond donors (Lipinski definition) is 1. The first-order chi connectivity index (χ1) is 12.9. The standard InChI is InChI=1S/C20H18N6/c1-3-16(13-21-8-1)20(6-2-7-20)18-11-17(24-25-18)15-4-5-19(23-12-15)26-10-9-22-14-26/h1,3-5,8-14H,2,6-7H2,(H,24,25). The highest BCUT2D eigenvalue weighted by Crippen LogP contribution is 2.48. The van der Waals surface area contributed by atoms with Crippen LogP contribution in [0.3, 0.4) is 0 Å². The third-order valence-electron chi connectivity index (χ3n) is 5.33. The summed E-state index contributed by atoms with van der Waals surface area (Å²) in [5.41, 5.74) is 4.35. The Balaban J connectivity index is 1.47. The van der Waals surface area contributed by atoms with Crippen molar-refractivity contribution in [3.8, 4) is 17.1 Å². The quantitative estimate of drug-likeness (QED) is 0.616. The van der Waals surface area contributed by atoms with E-state index in [1.54, 1.807) is 12.5 Å². The Hall–Kier alpha value is -3.28. The zero-order valence-electron chi connectivity index (χ0n) is 14.2. The third kappa shape index (κ3) is 2.34. The second-order valence-corrected chi connectivity index (χ2v) is 6.72. The summed E-state index contributed by atoms with van der Waals surface area (Å²) in [7, 11) is 0. The molecule has 0 atom stereocenters. The van der Waals surface area contributed by atoms with E-state index < -0.39 is 0 Å². The highest BCUT2D eigenvalue weighted by Gasteiger charge is 2.42. The maximum Gasteiger partial charge on any atom is 0.137 e. The summed E-state index contributed by atoms with van der Waals surface area (Å²) in [6.45, 7) is 0. The summed E-state index contributed by atoms with van der Waals surface area (Å²) in [5.74, 6) is 0.841. The van der Waals surface area contributed by atoms with Crippen LogP contribution in [-0.2, 0) is 5.41 Å². The maximum absolute atomic E-state index is 4.55. The topological polar surface area (TPSA) is 72.3 Å². The first kappa shape index (κ1) is 15.0. The molecule has 0 aliphatic heterocycles. The molecule has 0 aromatic carbocycles. The molecule has 128 valence electrons. The predicted octanol–water partition coefficient (Wildman–Crippen LogP) is 3.52. The van der Waals surface area contributed by atoms with Crippen molar-refractivity contribution in [2.45, 2.75) is 24.7 Å². The smallest absolute Gasteiger partial charge is 0.137 e. The number of nitrogens with one attached hydrogen (secondary N) is 1. The lowest BCUT2D eigenvalue weighted by atomic mass is 9.63.